The molecule has 3 heterocycles. The molecular weight excluding hydrogens is 463 g/mol. The number of nitrogens with one attached hydrogen (secondary N) is 2. The van der Waals surface area contributed by atoms with Crippen molar-refractivity contribution >= 4 is 5.91 Å². The highest BCUT2D eigenvalue weighted by atomic mass is 19.4. The summed E-state index contributed by atoms with van der Waals surface area (Å²) in [7, 11) is 0. The van der Waals surface area contributed by atoms with E-state index in [9.17, 15) is 22.8 Å². The van der Waals surface area contributed by atoms with Crippen LogP contribution in [0.4, 0.5) is 13.2 Å². The number of alkyl halides is 3. The lowest BCUT2D eigenvalue weighted by atomic mass is 10.0. The molecule has 1 unspecified atom stereocenters. The Bertz CT molecular complexity index is 1410. The third-order valence-electron chi connectivity index (χ3n) is 5.27. The maximum Gasteiger partial charge on any atom is 0.453 e. The van der Waals surface area contributed by atoms with E-state index in [0.29, 0.717) is 27.9 Å². The molecule has 0 radical (unpaired) electrons. The van der Waals surface area contributed by atoms with Gasteiger partial charge in [-0.1, -0.05) is 13.0 Å². The summed E-state index contributed by atoms with van der Waals surface area (Å²) in [5.41, 5.74) is 2.05. The van der Waals surface area contributed by atoms with E-state index in [2.05, 4.69) is 30.8 Å². The summed E-state index contributed by atoms with van der Waals surface area (Å²) in [6.45, 7) is 3.68. The molecule has 0 fully saturated rings. The fourth-order valence-electron chi connectivity index (χ4n) is 3.53. The van der Waals surface area contributed by atoms with E-state index in [4.69, 9.17) is 0 Å². The number of nitrogens with zero attached hydrogens (tertiary/aromatic N) is 5. The highest BCUT2D eigenvalue weighted by molar-refractivity contribution is 5.96. The third kappa shape index (κ3) is 5.26. The van der Waals surface area contributed by atoms with Gasteiger partial charge < -0.3 is 10.3 Å². The molecule has 0 aliphatic carbocycles. The molecular formula is C23H20F3N7O2. The van der Waals surface area contributed by atoms with E-state index in [1.54, 1.807) is 24.4 Å². The standard InChI is InChI=1S/C23H20F3N7O2/c1-3-18(14-6-7-27-20(34)11-14)29-21(35)16-8-15(19-5-4-13(2)12-28-19)9-17(10-16)33-22(23(24,25)26)30-31-32-33/h4-12,18H,3H2,1-2H3,(H,27,34)(H,29,35). The van der Waals surface area contributed by atoms with E-state index >= 15 is 0 Å². The average molecular weight is 483 g/mol. The van der Waals surface area contributed by atoms with Crippen molar-refractivity contribution in [3.63, 3.8) is 0 Å². The number of hydrogen-bond donors (Lipinski definition) is 2. The second-order valence-electron chi connectivity index (χ2n) is 7.82. The van der Waals surface area contributed by atoms with Crippen LogP contribution < -0.4 is 10.9 Å². The van der Waals surface area contributed by atoms with Gasteiger partial charge in [0, 0.05) is 29.6 Å². The van der Waals surface area contributed by atoms with Gasteiger partial charge in [-0.05, 0) is 65.2 Å². The Hall–Kier alpha value is -4.35. The SMILES string of the molecule is CCC(NC(=O)c1cc(-c2ccc(C)cn2)cc(-n2nnnc2C(F)(F)F)c1)c1cc[nH]c(=O)c1. The van der Waals surface area contributed by atoms with Gasteiger partial charge in [-0.15, -0.1) is 5.10 Å². The molecule has 4 aromatic rings. The van der Waals surface area contributed by atoms with E-state index in [1.807, 2.05) is 13.8 Å². The molecule has 1 amide bonds. The summed E-state index contributed by atoms with van der Waals surface area (Å²) >= 11 is 0. The first-order valence-electron chi connectivity index (χ1n) is 10.6. The van der Waals surface area contributed by atoms with Crippen molar-refractivity contribution in [2.45, 2.75) is 32.5 Å². The smallest absolute Gasteiger partial charge is 0.345 e. The number of hydrogen-bond acceptors (Lipinski definition) is 6. The number of pyridine rings is 2. The van der Waals surface area contributed by atoms with Crippen LogP contribution in [0, 0.1) is 6.92 Å². The Morgan fingerprint density at radius 2 is 1.97 bits per heavy atom. The number of rotatable bonds is 6. The molecule has 0 aliphatic heterocycles. The molecule has 9 nitrogen and oxygen atoms in total. The van der Waals surface area contributed by atoms with Crippen LogP contribution in [0.25, 0.3) is 16.9 Å². The van der Waals surface area contributed by atoms with Crippen LogP contribution in [0.5, 0.6) is 0 Å². The molecule has 12 heteroatoms. The Balaban J connectivity index is 1.78. The Kier molecular flexibility index (Phi) is 6.45. The highest BCUT2D eigenvalue weighted by Gasteiger charge is 2.38. The van der Waals surface area contributed by atoms with Crippen LogP contribution in [-0.4, -0.2) is 36.1 Å². The topological polar surface area (TPSA) is 118 Å². The Labute approximate surface area is 197 Å². The second-order valence-corrected chi connectivity index (χ2v) is 7.82. The van der Waals surface area contributed by atoms with E-state index < -0.39 is 23.9 Å². The summed E-state index contributed by atoms with van der Waals surface area (Å²) in [4.78, 5) is 31.7. The number of aromatic nitrogens is 6. The number of carbonyl (C=O) groups is 1. The number of carbonyl (C=O) groups excluding carboxylic acids is 1. The summed E-state index contributed by atoms with van der Waals surface area (Å²) in [6.07, 6.45) is -1.24. The minimum Gasteiger partial charge on any atom is -0.345 e. The number of aryl methyl sites for hydroxylation is 1. The minimum atomic E-state index is -4.81. The molecule has 0 bridgehead atoms. The first kappa shape index (κ1) is 23.8. The summed E-state index contributed by atoms with van der Waals surface area (Å²) in [5.74, 6) is -1.87. The fourth-order valence-corrected chi connectivity index (χ4v) is 3.53. The third-order valence-corrected chi connectivity index (χ3v) is 5.27. The van der Waals surface area contributed by atoms with Crippen molar-refractivity contribution in [2.24, 2.45) is 0 Å². The van der Waals surface area contributed by atoms with Gasteiger partial charge in [-0.2, -0.15) is 17.9 Å². The van der Waals surface area contributed by atoms with Crippen LogP contribution in [0.15, 0.2) is 59.7 Å². The van der Waals surface area contributed by atoms with Gasteiger partial charge in [-0.3, -0.25) is 14.6 Å². The van der Waals surface area contributed by atoms with Crippen molar-refractivity contribution in [3.05, 3.63) is 87.7 Å². The van der Waals surface area contributed by atoms with Crippen molar-refractivity contribution in [2.75, 3.05) is 0 Å². The molecule has 0 spiro atoms. The number of tetrazole rings is 1. The molecule has 2 N–H and O–H groups in total. The second kappa shape index (κ2) is 9.49. The minimum absolute atomic E-state index is 0.0587. The van der Waals surface area contributed by atoms with E-state index in [1.165, 1.54) is 30.5 Å². The van der Waals surface area contributed by atoms with Gasteiger partial charge in [0.05, 0.1) is 17.4 Å². The van der Waals surface area contributed by atoms with Crippen molar-refractivity contribution in [3.8, 4) is 16.9 Å². The first-order valence-corrected chi connectivity index (χ1v) is 10.6. The Morgan fingerprint density at radius 1 is 1.17 bits per heavy atom. The van der Waals surface area contributed by atoms with Crippen LogP contribution in [-0.2, 0) is 6.18 Å². The quantitative estimate of drug-likeness (QED) is 0.433. The number of benzene rings is 1. The van der Waals surface area contributed by atoms with E-state index in [0.717, 1.165) is 5.56 Å². The van der Waals surface area contributed by atoms with Crippen molar-refractivity contribution in [1.29, 1.82) is 0 Å². The Morgan fingerprint density at radius 3 is 2.63 bits per heavy atom. The fraction of sp³-hybridized carbons (Fsp3) is 0.217. The highest BCUT2D eigenvalue weighted by Crippen LogP contribution is 2.30. The monoisotopic (exact) mass is 483 g/mol. The molecule has 1 atom stereocenters. The zero-order valence-corrected chi connectivity index (χ0v) is 18.7. The molecule has 0 aliphatic rings. The summed E-state index contributed by atoms with van der Waals surface area (Å²) < 4.78 is 40.9. The van der Waals surface area contributed by atoms with E-state index in [-0.39, 0.29) is 16.8 Å². The zero-order valence-electron chi connectivity index (χ0n) is 18.7. The normalized spacial score (nSPS) is 12.4. The summed E-state index contributed by atoms with van der Waals surface area (Å²) in [6, 6.07) is 10.3. The van der Waals surface area contributed by atoms with Crippen LogP contribution in [0.2, 0.25) is 0 Å². The predicted octanol–water partition coefficient (Wildman–Crippen LogP) is 3.62. The largest absolute Gasteiger partial charge is 0.453 e. The van der Waals surface area contributed by atoms with Gasteiger partial charge in [0.15, 0.2) is 0 Å². The van der Waals surface area contributed by atoms with Crippen molar-refractivity contribution in [1.82, 2.24) is 35.5 Å². The first-order chi connectivity index (χ1) is 16.7. The van der Waals surface area contributed by atoms with Gasteiger partial charge in [0.1, 0.15) is 0 Å². The molecule has 180 valence electrons. The zero-order chi connectivity index (χ0) is 25.2. The molecule has 0 saturated heterocycles. The molecule has 3 aromatic heterocycles. The molecule has 0 saturated carbocycles. The maximum atomic E-state index is 13.4. The number of H-pyrrole nitrogens is 1. The lowest BCUT2D eigenvalue weighted by molar-refractivity contribution is -0.146. The maximum absolute atomic E-state index is 13.4. The number of amides is 1. The van der Waals surface area contributed by atoms with Crippen LogP contribution in [0.1, 0.15) is 46.7 Å². The van der Waals surface area contributed by atoms with Gasteiger partial charge in [0.2, 0.25) is 5.56 Å². The molecule has 35 heavy (non-hydrogen) atoms. The van der Waals surface area contributed by atoms with Crippen molar-refractivity contribution < 1.29 is 18.0 Å². The number of halogens is 3. The lowest BCUT2D eigenvalue weighted by Gasteiger charge is -2.18. The van der Waals surface area contributed by atoms with Crippen LogP contribution >= 0.6 is 0 Å². The molecule has 4 rings (SSSR count). The summed E-state index contributed by atoms with van der Waals surface area (Å²) in [5, 5.41) is 12.6. The van der Waals surface area contributed by atoms with Gasteiger partial charge in [0.25, 0.3) is 11.7 Å². The van der Waals surface area contributed by atoms with Crippen LogP contribution in [0.3, 0.4) is 0 Å². The average Bonchev–Trinajstić information content (AvgIpc) is 3.33. The predicted molar refractivity (Wildman–Crippen MR) is 120 cm³/mol. The molecule has 1 aromatic carbocycles. The lowest BCUT2D eigenvalue weighted by Crippen LogP contribution is -2.29. The van der Waals surface area contributed by atoms with Gasteiger partial charge in [-0.25, -0.2) is 0 Å². The van der Waals surface area contributed by atoms with Gasteiger partial charge >= 0.3 is 6.18 Å². The number of aromatic amines is 1.